The molecule has 1 fully saturated rings. The molecule has 5 rings (SSSR count). The smallest absolute Gasteiger partial charge is 0.245 e. The topological polar surface area (TPSA) is 117 Å². The van der Waals surface area contributed by atoms with Crippen molar-refractivity contribution in [2.24, 2.45) is 0 Å². The Hall–Kier alpha value is -3.22. The number of hydrogen-bond donors (Lipinski definition) is 1. The van der Waals surface area contributed by atoms with E-state index in [1.54, 1.807) is 24.4 Å². The van der Waals surface area contributed by atoms with Gasteiger partial charge in [0, 0.05) is 32.4 Å². The highest BCUT2D eigenvalue weighted by Crippen LogP contribution is 2.26. The number of sulfonamides is 1. The van der Waals surface area contributed by atoms with Crippen molar-refractivity contribution in [2.45, 2.75) is 11.8 Å². The van der Waals surface area contributed by atoms with E-state index in [9.17, 15) is 8.42 Å². The number of piperazine rings is 1. The van der Waals surface area contributed by atoms with Gasteiger partial charge < -0.3 is 10.2 Å². The summed E-state index contributed by atoms with van der Waals surface area (Å²) in [4.78, 5) is 6.53. The van der Waals surface area contributed by atoms with Crippen LogP contribution in [0.2, 0.25) is 0 Å². The van der Waals surface area contributed by atoms with Crippen molar-refractivity contribution < 1.29 is 8.42 Å². The average Bonchev–Trinajstić information content (AvgIpc) is 3.30. The van der Waals surface area contributed by atoms with Gasteiger partial charge in [-0.2, -0.15) is 13.1 Å². The third-order valence-corrected chi connectivity index (χ3v) is 7.72. The summed E-state index contributed by atoms with van der Waals surface area (Å²) in [6.45, 7) is 3.72. The predicted octanol–water partition coefficient (Wildman–Crippen LogP) is 2.44. The molecule has 12 heteroatoms. The maximum atomic E-state index is 13.2. The number of anilines is 3. The van der Waals surface area contributed by atoms with Crippen molar-refractivity contribution in [3.8, 4) is 0 Å². The van der Waals surface area contributed by atoms with E-state index in [0.29, 0.717) is 54.7 Å². The van der Waals surface area contributed by atoms with Crippen LogP contribution in [0.3, 0.4) is 0 Å². The first kappa shape index (κ1) is 20.7. The van der Waals surface area contributed by atoms with E-state index in [1.165, 1.54) is 4.31 Å². The normalized spacial score (nSPS) is 15.2. The second-order valence-electron chi connectivity index (χ2n) is 7.40. The van der Waals surface area contributed by atoms with Crippen LogP contribution in [-0.2, 0) is 10.0 Å². The number of hydrogen-bond acceptors (Lipinski definition) is 10. The van der Waals surface area contributed by atoms with Crippen LogP contribution in [-0.4, -0.2) is 62.8 Å². The highest BCUT2D eigenvalue weighted by molar-refractivity contribution is 7.89. The number of fused-ring (bicyclic) bond motifs is 1. The number of rotatable bonds is 5. The summed E-state index contributed by atoms with van der Waals surface area (Å²) in [5.41, 5.74) is 2.11. The molecule has 32 heavy (non-hydrogen) atoms. The maximum absolute atomic E-state index is 13.2. The largest absolute Gasteiger partial charge is 0.352 e. The summed E-state index contributed by atoms with van der Waals surface area (Å²) in [7, 11) is -3.65. The first-order valence-corrected chi connectivity index (χ1v) is 12.2. The quantitative estimate of drug-likeness (QED) is 0.471. The number of pyridine rings is 1. The van der Waals surface area contributed by atoms with Gasteiger partial charge in [0.2, 0.25) is 10.0 Å². The second-order valence-corrected chi connectivity index (χ2v) is 9.84. The van der Waals surface area contributed by atoms with Crippen LogP contribution < -0.4 is 10.2 Å². The van der Waals surface area contributed by atoms with Gasteiger partial charge in [0.05, 0.1) is 11.7 Å². The van der Waals surface area contributed by atoms with Crippen LogP contribution in [0, 0.1) is 6.92 Å². The Morgan fingerprint density at radius 1 is 0.938 bits per heavy atom. The van der Waals surface area contributed by atoms with Gasteiger partial charge in [0.25, 0.3) is 0 Å². The zero-order chi connectivity index (χ0) is 22.1. The highest BCUT2D eigenvalue weighted by Gasteiger charge is 2.31. The molecule has 1 saturated heterocycles. The lowest BCUT2D eigenvalue weighted by molar-refractivity contribution is 0.384. The summed E-state index contributed by atoms with van der Waals surface area (Å²) in [6, 6.07) is 12.6. The predicted molar refractivity (Wildman–Crippen MR) is 123 cm³/mol. The van der Waals surface area contributed by atoms with Crippen molar-refractivity contribution in [3.05, 3.63) is 54.2 Å². The van der Waals surface area contributed by atoms with Gasteiger partial charge >= 0.3 is 0 Å². The first-order valence-electron chi connectivity index (χ1n) is 10.0. The lowest BCUT2D eigenvalue weighted by atomic mass is 10.3. The van der Waals surface area contributed by atoms with Gasteiger partial charge in [-0.05, 0) is 42.8 Å². The summed E-state index contributed by atoms with van der Waals surface area (Å²) >= 11 is 1.01. The van der Waals surface area contributed by atoms with Crippen molar-refractivity contribution >= 4 is 50.2 Å². The minimum Gasteiger partial charge on any atom is -0.352 e. The molecule has 0 unspecified atom stereocenters. The number of nitrogens with zero attached hydrogens (tertiary/aromatic N) is 7. The Labute approximate surface area is 189 Å². The van der Waals surface area contributed by atoms with Crippen LogP contribution in [0.4, 0.5) is 17.5 Å². The van der Waals surface area contributed by atoms with Gasteiger partial charge in [-0.25, -0.2) is 13.4 Å². The molecule has 0 atom stereocenters. The van der Waals surface area contributed by atoms with Gasteiger partial charge in [-0.1, -0.05) is 12.1 Å². The van der Waals surface area contributed by atoms with Crippen molar-refractivity contribution in [3.63, 3.8) is 0 Å². The molecular formula is C20H20N8O2S2. The summed E-state index contributed by atoms with van der Waals surface area (Å²) in [5.74, 6) is 1.99. The van der Waals surface area contributed by atoms with Crippen LogP contribution in [0.1, 0.15) is 5.56 Å². The van der Waals surface area contributed by atoms with E-state index in [2.05, 4.69) is 29.2 Å². The zero-order valence-corrected chi connectivity index (χ0v) is 18.8. The Balaban J connectivity index is 1.25. The molecule has 3 aromatic heterocycles. The number of aromatic nitrogens is 5. The molecule has 1 aromatic carbocycles. The van der Waals surface area contributed by atoms with Crippen LogP contribution in [0.5, 0.6) is 0 Å². The summed E-state index contributed by atoms with van der Waals surface area (Å²) in [6.07, 6.45) is 1.78. The fraction of sp³-hybridized carbons (Fsp3) is 0.250. The molecular weight excluding hydrogens is 448 g/mol. The zero-order valence-electron chi connectivity index (χ0n) is 17.2. The lowest BCUT2D eigenvalue weighted by Crippen LogP contribution is -2.49. The van der Waals surface area contributed by atoms with Gasteiger partial charge in [-0.15, -0.1) is 10.2 Å². The van der Waals surface area contributed by atoms with E-state index < -0.39 is 10.0 Å². The highest BCUT2D eigenvalue weighted by atomic mass is 32.2. The third-order valence-electron chi connectivity index (χ3n) is 5.25. The SMILES string of the molecule is Cc1ccc(Nc2ccc(N3CCN(S(=O)(=O)c4cccc5nsnc45)CC3)nn2)nc1. The Morgan fingerprint density at radius 3 is 2.47 bits per heavy atom. The minimum absolute atomic E-state index is 0.206. The average molecular weight is 469 g/mol. The molecule has 164 valence electrons. The fourth-order valence-electron chi connectivity index (χ4n) is 3.52. The van der Waals surface area contributed by atoms with Crippen molar-refractivity contribution in [1.82, 2.24) is 28.2 Å². The van der Waals surface area contributed by atoms with E-state index in [4.69, 9.17) is 0 Å². The Kier molecular flexibility index (Phi) is 5.41. The summed E-state index contributed by atoms with van der Waals surface area (Å²) < 4.78 is 36.2. The van der Waals surface area contributed by atoms with Crippen LogP contribution in [0.15, 0.2) is 53.6 Å². The maximum Gasteiger partial charge on any atom is 0.245 e. The molecule has 10 nitrogen and oxygen atoms in total. The van der Waals surface area contributed by atoms with Gasteiger partial charge in [-0.3, -0.25) is 0 Å². The van der Waals surface area contributed by atoms with Crippen LogP contribution >= 0.6 is 11.7 Å². The molecule has 4 aromatic rings. The number of nitrogens with one attached hydrogen (secondary N) is 1. The molecule has 0 radical (unpaired) electrons. The fourth-order valence-corrected chi connectivity index (χ4v) is 5.69. The lowest BCUT2D eigenvalue weighted by Gasteiger charge is -2.34. The molecule has 1 aliphatic heterocycles. The first-order chi connectivity index (χ1) is 15.5. The molecule has 0 amide bonds. The monoisotopic (exact) mass is 468 g/mol. The van der Waals surface area contributed by atoms with Crippen molar-refractivity contribution in [2.75, 3.05) is 36.4 Å². The van der Waals surface area contributed by atoms with Crippen LogP contribution in [0.25, 0.3) is 11.0 Å². The van der Waals surface area contributed by atoms with E-state index in [-0.39, 0.29) is 4.90 Å². The van der Waals surface area contributed by atoms with Gasteiger partial charge in [0.1, 0.15) is 21.7 Å². The minimum atomic E-state index is -3.65. The van der Waals surface area contributed by atoms with E-state index in [1.807, 2.05) is 36.1 Å². The third kappa shape index (κ3) is 3.99. The molecule has 0 bridgehead atoms. The molecule has 0 spiro atoms. The molecule has 1 N–H and O–H groups in total. The Morgan fingerprint density at radius 2 is 1.75 bits per heavy atom. The standard InChI is InChI=1S/C20H20N8O2S2/c1-14-5-6-17(21-13-14)22-18-7-8-19(24-23-18)27-9-11-28(12-10-27)32(29,30)16-4-2-3-15-20(16)26-31-25-15/h2-8,13H,9-12H2,1H3,(H,21,22,23). The van der Waals surface area contributed by atoms with E-state index in [0.717, 1.165) is 17.3 Å². The Bertz CT molecular complexity index is 1330. The number of aryl methyl sites for hydroxylation is 1. The van der Waals surface area contributed by atoms with Gasteiger partial charge in [0.15, 0.2) is 11.6 Å². The molecule has 1 aliphatic rings. The second kappa shape index (κ2) is 8.37. The molecule has 0 saturated carbocycles. The van der Waals surface area contributed by atoms with Crippen molar-refractivity contribution in [1.29, 1.82) is 0 Å². The molecule has 0 aliphatic carbocycles. The summed E-state index contributed by atoms with van der Waals surface area (Å²) in [5, 5.41) is 11.6. The van der Waals surface area contributed by atoms with E-state index >= 15 is 0 Å². The molecule has 4 heterocycles. The number of benzene rings is 1.